The van der Waals surface area contributed by atoms with E-state index in [9.17, 15) is 43.6 Å². The molecule has 5 atom stereocenters. The molecule has 1 aromatic heterocycles. The van der Waals surface area contributed by atoms with Crippen molar-refractivity contribution in [1.29, 1.82) is 0 Å². The van der Waals surface area contributed by atoms with Gasteiger partial charge >= 0.3 is 20.9 Å². The minimum atomic E-state index is -4.28. The summed E-state index contributed by atoms with van der Waals surface area (Å²) in [6, 6.07) is 0.971. The molecule has 2 amide bonds. The molecule has 1 fully saturated rings. The van der Waals surface area contributed by atoms with Crippen molar-refractivity contribution in [1.82, 2.24) is 20.2 Å². The van der Waals surface area contributed by atoms with E-state index in [-0.39, 0.29) is 26.4 Å². The molecular weight excluding hydrogens is 606 g/mol. The standard InChI is InChI=1S/C22H38N4O14P2/c1-5-36-41(34,37-6-2)22(42(35,38-7-3)39-8-4)25-13(27)9-11-23-19(32)17(31)18-15(29)16(30)20(40-18)26-12-10-14(28)24-21(26)33/h10,12,15-18,20,22,29-31H,5-9,11H2,1-4H3,(H,23,32)(H,25,27)(H,24,28,33)/t15-,16+,17?,18-,20+/m0/s1. The lowest BCUT2D eigenvalue weighted by Crippen LogP contribution is -2.48. The summed E-state index contributed by atoms with van der Waals surface area (Å²) in [5.41, 5.74) is -3.50. The maximum absolute atomic E-state index is 13.5. The van der Waals surface area contributed by atoms with Gasteiger partial charge in [0, 0.05) is 25.2 Å². The SMILES string of the molecule is CCOP(=O)(OCC)C(NC(=O)CCNC(=O)C(O)[C@H]1O[C@@H](n2ccc(=O)[nH]c2=O)[C@H](O)[C@@H]1O)P(=O)(OCC)OCC. The Bertz CT molecular complexity index is 1220. The number of hydrogen-bond acceptors (Lipinski definition) is 14. The smallest absolute Gasteiger partial charge is 0.365 e. The van der Waals surface area contributed by atoms with Gasteiger partial charge in [-0.05, 0) is 27.7 Å². The Hall–Kier alpha value is -2.24. The van der Waals surface area contributed by atoms with Crippen LogP contribution in [0.2, 0.25) is 0 Å². The number of hydrogen-bond donors (Lipinski definition) is 6. The molecule has 0 spiro atoms. The number of nitrogens with zero attached hydrogens (tertiary/aromatic N) is 1. The molecule has 1 aliphatic heterocycles. The van der Waals surface area contributed by atoms with Gasteiger partial charge in [-0.15, -0.1) is 0 Å². The number of aliphatic hydroxyl groups excluding tert-OH is 3. The van der Waals surface area contributed by atoms with Crippen molar-refractivity contribution >= 4 is 27.0 Å². The fourth-order valence-corrected chi connectivity index (χ4v) is 8.92. The fraction of sp³-hybridized carbons (Fsp3) is 0.727. The van der Waals surface area contributed by atoms with Gasteiger partial charge in [0.15, 0.2) is 12.3 Å². The number of aromatic nitrogens is 2. The molecule has 1 unspecified atom stereocenters. The number of aliphatic hydroxyl groups is 3. The predicted octanol–water partition coefficient (Wildman–Crippen LogP) is -1.04. The van der Waals surface area contributed by atoms with Gasteiger partial charge in [0.05, 0.1) is 26.4 Å². The Morgan fingerprint density at radius 2 is 1.52 bits per heavy atom. The number of carbonyl (C=O) groups is 2. The van der Waals surface area contributed by atoms with Crippen molar-refractivity contribution in [2.45, 2.75) is 70.3 Å². The monoisotopic (exact) mass is 644 g/mol. The summed E-state index contributed by atoms with van der Waals surface area (Å²) in [5.74, 6) is -1.96. The number of carbonyl (C=O) groups excluding carboxylic acids is 2. The van der Waals surface area contributed by atoms with Gasteiger partial charge in [0.25, 0.3) is 11.5 Å². The van der Waals surface area contributed by atoms with E-state index in [4.69, 9.17) is 22.8 Å². The van der Waals surface area contributed by atoms with Gasteiger partial charge in [-0.1, -0.05) is 0 Å². The van der Waals surface area contributed by atoms with Gasteiger partial charge in [-0.3, -0.25) is 33.1 Å². The fourth-order valence-electron chi connectivity index (χ4n) is 3.98. The number of amides is 2. The summed E-state index contributed by atoms with van der Waals surface area (Å²) in [7, 11) is -8.56. The van der Waals surface area contributed by atoms with Crippen molar-refractivity contribution < 1.29 is 56.9 Å². The highest BCUT2D eigenvalue weighted by molar-refractivity contribution is 7.72. The van der Waals surface area contributed by atoms with Crippen LogP contribution in [0.5, 0.6) is 0 Å². The molecular formula is C22H38N4O14P2. The number of aromatic amines is 1. The van der Waals surface area contributed by atoms with Crippen LogP contribution in [0, 0.1) is 0 Å². The summed E-state index contributed by atoms with van der Waals surface area (Å²) in [6.45, 7) is 5.21. The van der Waals surface area contributed by atoms with E-state index >= 15 is 0 Å². The van der Waals surface area contributed by atoms with Gasteiger partial charge in [0.1, 0.15) is 18.3 Å². The van der Waals surface area contributed by atoms with Gasteiger partial charge in [0.2, 0.25) is 11.4 Å². The molecule has 0 aromatic carbocycles. The third kappa shape index (κ3) is 8.66. The second-order valence-corrected chi connectivity index (χ2v) is 13.3. The minimum absolute atomic E-state index is 0.114. The average Bonchev–Trinajstić information content (AvgIpc) is 3.21. The molecule has 240 valence electrons. The lowest BCUT2D eigenvalue weighted by Gasteiger charge is -2.31. The first-order valence-corrected chi connectivity index (χ1v) is 16.4. The van der Waals surface area contributed by atoms with Crippen LogP contribution in [0.15, 0.2) is 21.9 Å². The van der Waals surface area contributed by atoms with Crippen LogP contribution in [0.4, 0.5) is 0 Å². The van der Waals surface area contributed by atoms with Crippen LogP contribution in [0.1, 0.15) is 40.3 Å². The average molecular weight is 645 g/mol. The van der Waals surface area contributed by atoms with E-state index in [0.717, 1.165) is 16.8 Å². The highest BCUT2D eigenvalue weighted by Crippen LogP contribution is 2.69. The zero-order valence-corrected chi connectivity index (χ0v) is 25.3. The van der Waals surface area contributed by atoms with E-state index in [2.05, 4.69) is 10.6 Å². The topological polar surface area (TPSA) is 254 Å². The Labute approximate surface area is 240 Å². The molecule has 0 saturated carbocycles. The molecule has 1 aliphatic rings. The Morgan fingerprint density at radius 1 is 1.00 bits per heavy atom. The zero-order valence-electron chi connectivity index (χ0n) is 23.5. The molecule has 1 aromatic rings. The van der Waals surface area contributed by atoms with Crippen LogP contribution >= 0.6 is 15.2 Å². The molecule has 2 rings (SSSR count). The summed E-state index contributed by atoms with van der Waals surface area (Å²) >= 11 is 0. The van der Waals surface area contributed by atoms with Crippen LogP contribution in [0.3, 0.4) is 0 Å². The van der Waals surface area contributed by atoms with E-state index in [1.54, 1.807) is 0 Å². The summed E-state index contributed by atoms with van der Waals surface area (Å²) < 4.78 is 54.2. The first-order chi connectivity index (χ1) is 19.8. The van der Waals surface area contributed by atoms with E-state index < -0.39 is 87.4 Å². The van der Waals surface area contributed by atoms with Crippen LogP contribution in [-0.2, 0) is 41.6 Å². The van der Waals surface area contributed by atoms with Crippen molar-refractivity contribution in [3.05, 3.63) is 33.1 Å². The Balaban J connectivity index is 2.08. The lowest BCUT2D eigenvalue weighted by atomic mass is 10.0. The summed E-state index contributed by atoms with van der Waals surface area (Å²) in [4.78, 5) is 50.6. The Morgan fingerprint density at radius 3 is 2.00 bits per heavy atom. The summed E-state index contributed by atoms with van der Waals surface area (Å²) in [6.07, 6.45) is -8.30. The largest absolute Gasteiger partial charge is 0.387 e. The normalized spacial score (nSPS) is 21.8. The predicted molar refractivity (Wildman–Crippen MR) is 145 cm³/mol. The minimum Gasteiger partial charge on any atom is -0.387 e. The maximum atomic E-state index is 13.5. The van der Waals surface area contributed by atoms with Crippen molar-refractivity contribution in [2.75, 3.05) is 33.0 Å². The van der Waals surface area contributed by atoms with Gasteiger partial charge < -0.3 is 48.8 Å². The van der Waals surface area contributed by atoms with Crippen LogP contribution in [-0.4, -0.2) is 99.6 Å². The number of H-pyrrole nitrogens is 1. The highest BCUT2D eigenvalue weighted by Gasteiger charge is 2.52. The zero-order chi connectivity index (χ0) is 31.7. The molecule has 0 bridgehead atoms. The van der Waals surface area contributed by atoms with E-state index in [1.165, 1.54) is 27.7 Å². The van der Waals surface area contributed by atoms with Gasteiger partial charge in [-0.2, -0.15) is 0 Å². The molecule has 20 heteroatoms. The number of ether oxygens (including phenoxy) is 1. The summed E-state index contributed by atoms with van der Waals surface area (Å²) in [5, 5.41) is 35.6. The first kappa shape index (κ1) is 36.0. The molecule has 1 saturated heterocycles. The van der Waals surface area contributed by atoms with Crippen molar-refractivity contribution in [2.24, 2.45) is 0 Å². The Kier molecular flexibility index (Phi) is 13.7. The van der Waals surface area contributed by atoms with Gasteiger partial charge in [-0.25, -0.2) is 4.79 Å². The maximum Gasteiger partial charge on any atom is 0.365 e. The molecule has 0 radical (unpaired) electrons. The van der Waals surface area contributed by atoms with E-state index in [0.29, 0.717) is 0 Å². The van der Waals surface area contributed by atoms with Crippen molar-refractivity contribution in [3.63, 3.8) is 0 Å². The number of rotatable bonds is 17. The quantitative estimate of drug-likeness (QED) is 0.111. The molecule has 42 heavy (non-hydrogen) atoms. The molecule has 2 heterocycles. The van der Waals surface area contributed by atoms with Crippen LogP contribution < -0.4 is 21.9 Å². The molecule has 18 nitrogen and oxygen atoms in total. The lowest BCUT2D eigenvalue weighted by molar-refractivity contribution is -0.143. The first-order valence-electron chi connectivity index (χ1n) is 13.1. The highest BCUT2D eigenvalue weighted by atomic mass is 31.2. The van der Waals surface area contributed by atoms with Crippen molar-refractivity contribution in [3.8, 4) is 0 Å². The molecule has 0 aliphatic carbocycles. The third-order valence-corrected chi connectivity index (χ3v) is 11.4. The van der Waals surface area contributed by atoms with Crippen LogP contribution in [0.25, 0.3) is 0 Å². The second-order valence-electron chi connectivity index (χ2n) is 8.67. The van der Waals surface area contributed by atoms with E-state index in [1.807, 2.05) is 4.98 Å². The molecule has 6 N–H and O–H groups in total. The third-order valence-electron chi connectivity index (χ3n) is 5.76. The second kappa shape index (κ2) is 16.0. The number of nitrogens with one attached hydrogen (secondary N) is 3.